The van der Waals surface area contributed by atoms with Crippen LogP contribution >= 0.6 is 0 Å². The highest BCUT2D eigenvalue weighted by Gasteiger charge is 2.20. The van der Waals surface area contributed by atoms with Gasteiger partial charge in [0.2, 0.25) is 0 Å². The third kappa shape index (κ3) is 1.70. The molecule has 3 rings (SSSR count). The lowest BCUT2D eigenvalue weighted by molar-refractivity contribution is 0.475. The van der Waals surface area contributed by atoms with Crippen LogP contribution in [0.5, 0.6) is 0 Å². The van der Waals surface area contributed by atoms with Gasteiger partial charge in [0, 0.05) is 42.1 Å². The number of imidazole rings is 1. The molecule has 1 aromatic carbocycles. The summed E-state index contributed by atoms with van der Waals surface area (Å²) < 4.78 is 2.23. The summed E-state index contributed by atoms with van der Waals surface area (Å²) in [5.74, 6) is 0.963. The van der Waals surface area contributed by atoms with Gasteiger partial charge in [0.05, 0.1) is 0 Å². The van der Waals surface area contributed by atoms with Gasteiger partial charge in [-0.05, 0) is 18.6 Å². The zero-order valence-corrected chi connectivity index (χ0v) is 9.63. The SMILES string of the molecule is Nc1ccccc1-c1ncc2n1CCC(N)C2. The highest BCUT2D eigenvalue weighted by Crippen LogP contribution is 2.27. The van der Waals surface area contributed by atoms with Crippen molar-refractivity contribution in [3.8, 4) is 11.4 Å². The molecular formula is C13H16N4. The van der Waals surface area contributed by atoms with Gasteiger partial charge in [0.25, 0.3) is 0 Å². The Labute approximate surface area is 100 Å². The van der Waals surface area contributed by atoms with E-state index in [9.17, 15) is 0 Å². The molecule has 0 radical (unpaired) electrons. The Morgan fingerprint density at radius 3 is 2.94 bits per heavy atom. The molecule has 1 atom stereocenters. The molecule has 1 aliphatic rings. The topological polar surface area (TPSA) is 69.9 Å². The van der Waals surface area contributed by atoms with Gasteiger partial charge in [0.15, 0.2) is 0 Å². The Bertz CT molecular complexity index is 544. The highest BCUT2D eigenvalue weighted by molar-refractivity contribution is 5.71. The number of fused-ring (bicyclic) bond motifs is 1. The van der Waals surface area contributed by atoms with E-state index in [2.05, 4.69) is 9.55 Å². The Kier molecular flexibility index (Phi) is 2.37. The van der Waals surface area contributed by atoms with E-state index < -0.39 is 0 Å². The van der Waals surface area contributed by atoms with E-state index in [4.69, 9.17) is 11.5 Å². The number of para-hydroxylation sites is 1. The second-order valence-corrected chi connectivity index (χ2v) is 4.56. The quantitative estimate of drug-likeness (QED) is 0.725. The third-order valence-corrected chi connectivity index (χ3v) is 3.33. The van der Waals surface area contributed by atoms with E-state index in [1.807, 2.05) is 30.5 Å². The number of hydrogen-bond donors (Lipinski definition) is 2. The zero-order chi connectivity index (χ0) is 11.8. The molecule has 4 nitrogen and oxygen atoms in total. The minimum atomic E-state index is 0.264. The number of hydrogen-bond acceptors (Lipinski definition) is 3. The van der Waals surface area contributed by atoms with Gasteiger partial charge in [-0.15, -0.1) is 0 Å². The van der Waals surface area contributed by atoms with Crippen LogP contribution in [-0.2, 0) is 13.0 Å². The van der Waals surface area contributed by atoms with Crippen molar-refractivity contribution in [1.29, 1.82) is 0 Å². The van der Waals surface area contributed by atoms with Crippen molar-refractivity contribution in [2.24, 2.45) is 5.73 Å². The first-order valence-electron chi connectivity index (χ1n) is 5.90. The molecule has 0 spiro atoms. The van der Waals surface area contributed by atoms with Gasteiger partial charge >= 0.3 is 0 Å². The standard InChI is InChI=1S/C13H16N4/c14-9-5-6-17-10(7-9)8-16-13(17)11-3-1-2-4-12(11)15/h1-4,8-9H,5-7,14-15H2. The average molecular weight is 228 g/mol. The fourth-order valence-electron chi connectivity index (χ4n) is 2.40. The van der Waals surface area contributed by atoms with Gasteiger partial charge in [-0.3, -0.25) is 0 Å². The van der Waals surface area contributed by atoms with Gasteiger partial charge < -0.3 is 16.0 Å². The van der Waals surface area contributed by atoms with Crippen LogP contribution in [0.15, 0.2) is 30.5 Å². The van der Waals surface area contributed by atoms with E-state index in [1.165, 1.54) is 5.69 Å². The van der Waals surface area contributed by atoms with Crippen LogP contribution in [0.25, 0.3) is 11.4 Å². The maximum Gasteiger partial charge on any atom is 0.142 e. The van der Waals surface area contributed by atoms with Crippen LogP contribution in [-0.4, -0.2) is 15.6 Å². The molecule has 1 aliphatic heterocycles. The van der Waals surface area contributed by atoms with Crippen molar-refractivity contribution in [1.82, 2.24) is 9.55 Å². The fraction of sp³-hybridized carbons (Fsp3) is 0.308. The summed E-state index contributed by atoms with van der Waals surface area (Å²) in [5, 5.41) is 0. The molecule has 0 amide bonds. The molecule has 4 N–H and O–H groups in total. The van der Waals surface area contributed by atoms with Crippen molar-refractivity contribution in [3.63, 3.8) is 0 Å². The lowest BCUT2D eigenvalue weighted by Gasteiger charge is -2.22. The van der Waals surface area contributed by atoms with Gasteiger partial charge in [-0.1, -0.05) is 12.1 Å². The molecule has 2 heterocycles. The van der Waals surface area contributed by atoms with E-state index in [-0.39, 0.29) is 6.04 Å². The molecule has 0 saturated heterocycles. The molecule has 2 aromatic rings. The van der Waals surface area contributed by atoms with Crippen LogP contribution in [0.2, 0.25) is 0 Å². The van der Waals surface area contributed by atoms with E-state index in [0.29, 0.717) is 0 Å². The molecule has 1 aromatic heterocycles. The van der Waals surface area contributed by atoms with Crippen LogP contribution in [0, 0.1) is 0 Å². The number of nitrogen functional groups attached to an aromatic ring is 1. The summed E-state index contributed by atoms with van der Waals surface area (Å²) in [6, 6.07) is 8.11. The van der Waals surface area contributed by atoms with Crippen molar-refractivity contribution in [3.05, 3.63) is 36.2 Å². The molecule has 88 valence electrons. The third-order valence-electron chi connectivity index (χ3n) is 3.33. The average Bonchev–Trinajstić information content (AvgIpc) is 2.72. The minimum absolute atomic E-state index is 0.264. The van der Waals surface area contributed by atoms with Gasteiger partial charge in [0.1, 0.15) is 5.82 Å². The second kappa shape index (κ2) is 3.89. The summed E-state index contributed by atoms with van der Waals surface area (Å²) in [4.78, 5) is 4.49. The molecule has 0 saturated carbocycles. The molecule has 17 heavy (non-hydrogen) atoms. The summed E-state index contributed by atoms with van der Waals surface area (Å²) in [7, 11) is 0. The van der Waals surface area contributed by atoms with Crippen molar-refractivity contribution < 1.29 is 0 Å². The molecule has 0 aliphatic carbocycles. The normalized spacial score (nSPS) is 19.0. The van der Waals surface area contributed by atoms with Crippen molar-refractivity contribution >= 4 is 5.69 Å². The van der Waals surface area contributed by atoms with E-state index in [1.54, 1.807) is 0 Å². The number of nitrogens with zero attached hydrogens (tertiary/aromatic N) is 2. The van der Waals surface area contributed by atoms with E-state index in [0.717, 1.165) is 36.5 Å². The Hall–Kier alpha value is -1.81. The summed E-state index contributed by atoms with van der Waals surface area (Å²) >= 11 is 0. The smallest absolute Gasteiger partial charge is 0.142 e. The van der Waals surface area contributed by atoms with Crippen LogP contribution in [0.3, 0.4) is 0 Å². The largest absolute Gasteiger partial charge is 0.398 e. The summed E-state index contributed by atoms with van der Waals surface area (Å²) in [6.45, 7) is 0.931. The molecular weight excluding hydrogens is 212 g/mol. The minimum Gasteiger partial charge on any atom is -0.398 e. The maximum atomic E-state index is 5.99. The number of nitrogens with two attached hydrogens (primary N) is 2. The maximum absolute atomic E-state index is 5.99. The lowest BCUT2D eigenvalue weighted by Crippen LogP contribution is -2.30. The number of anilines is 1. The number of rotatable bonds is 1. The predicted octanol–water partition coefficient (Wildman–Crippen LogP) is 1.41. The lowest BCUT2D eigenvalue weighted by atomic mass is 10.1. The first-order valence-corrected chi connectivity index (χ1v) is 5.90. The Morgan fingerprint density at radius 2 is 2.12 bits per heavy atom. The van der Waals surface area contributed by atoms with Gasteiger partial charge in [-0.25, -0.2) is 4.98 Å². The first-order chi connectivity index (χ1) is 8.25. The van der Waals surface area contributed by atoms with Crippen LogP contribution in [0.4, 0.5) is 5.69 Å². The number of benzene rings is 1. The summed E-state index contributed by atoms with van der Waals surface area (Å²) in [5.41, 5.74) is 14.9. The van der Waals surface area contributed by atoms with Crippen molar-refractivity contribution in [2.45, 2.75) is 25.4 Å². The monoisotopic (exact) mass is 228 g/mol. The molecule has 1 unspecified atom stereocenters. The zero-order valence-electron chi connectivity index (χ0n) is 9.63. The van der Waals surface area contributed by atoms with Gasteiger partial charge in [-0.2, -0.15) is 0 Å². The molecule has 4 heteroatoms. The number of aromatic nitrogens is 2. The molecule has 0 fully saturated rings. The Balaban J connectivity index is 2.09. The predicted molar refractivity (Wildman–Crippen MR) is 68.4 cm³/mol. The fourth-order valence-corrected chi connectivity index (χ4v) is 2.40. The van der Waals surface area contributed by atoms with Crippen LogP contribution < -0.4 is 11.5 Å². The summed E-state index contributed by atoms with van der Waals surface area (Å²) in [6.07, 6.45) is 3.82. The second-order valence-electron chi connectivity index (χ2n) is 4.56. The van der Waals surface area contributed by atoms with Crippen LogP contribution in [0.1, 0.15) is 12.1 Å². The van der Waals surface area contributed by atoms with E-state index >= 15 is 0 Å². The molecule has 0 bridgehead atoms. The Morgan fingerprint density at radius 1 is 1.29 bits per heavy atom. The van der Waals surface area contributed by atoms with Crippen molar-refractivity contribution in [2.75, 3.05) is 5.73 Å². The first kappa shape index (κ1) is 10.4. The highest BCUT2D eigenvalue weighted by atomic mass is 15.1.